The number of rotatable bonds is 4. The third kappa shape index (κ3) is 2.95. The van der Waals surface area contributed by atoms with Crippen LogP contribution in [0.15, 0.2) is 15.7 Å². The zero-order valence-corrected chi connectivity index (χ0v) is 8.58. The van der Waals surface area contributed by atoms with Crippen LogP contribution in [0.25, 0.3) is 0 Å². The van der Waals surface area contributed by atoms with Gasteiger partial charge in [0.15, 0.2) is 0 Å². The van der Waals surface area contributed by atoms with Crippen molar-refractivity contribution >= 4 is 17.5 Å². The third-order valence-electron chi connectivity index (χ3n) is 1.75. The summed E-state index contributed by atoms with van der Waals surface area (Å²) in [6.07, 6.45) is -0.161. The quantitative estimate of drug-likeness (QED) is 0.637. The van der Waals surface area contributed by atoms with Gasteiger partial charge in [-0.15, -0.1) is 11.6 Å². The maximum absolute atomic E-state index is 11.4. The van der Waals surface area contributed by atoms with Gasteiger partial charge >= 0.3 is 5.69 Å². The lowest BCUT2D eigenvalue weighted by atomic mass is 10.3. The van der Waals surface area contributed by atoms with Gasteiger partial charge in [-0.2, -0.15) is 0 Å². The van der Waals surface area contributed by atoms with Crippen LogP contribution in [0.5, 0.6) is 0 Å². The van der Waals surface area contributed by atoms with Crippen LogP contribution in [0.4, 0.5) is 0 Å². The molecule has 3 N–H and O–H groups in total. The number of nitrogens with two attached hydrogens (primary N) is 1. The van der Waals surface area contributed by atoms with Gasteiger partial charge in [0, 0.05) is 24.2 Å². The topological polar surface area (TPSA) is 97.9 Å². The summed E-state index contributed by atoms with van der Waals surface area (Å²) in [5, 5.41) is 0. The van der Waals surface area contributed by atoms with Crippen LogP contribution < -0.4 is 17.0 Å². The highest BCUT2D eigenvalue weighted by molar-refractivity contribution is 6.17. The van der Waals surface area contributed by atoms with E-state index >= 15 is 0 Å². The van der Waals surface area contributed by atoms with Crippen molar-refractivity contribution in [3.8, 4) is 0 Å². The summed E-state index contributed by atoms with van der Waals surface area (Å²) in [5.41, 5.74) is 4.07. The van der Waals surface area contributed by atoms with Crippen LogP contribution in [0.2, 0.25) is 0 Å². The third-order valence-corrected chi connectivity index (χ3v) is 1.92. The Morgan fingerprint density at radius 3 is 2.67 bits per heavy atom. The predicted molar refractivity (Wildman–Crippen MR) is 54.9 cm³/mol. The zero-order chi connectivity index (χ0) is 11.4. The van der Waals surface area contributed by atoms with Crippen molar-refractivity contribution in [2.75, 3.05) is 5.88 Å². The second-order valence-electron chi connectivity index (χ2n) is 2.92. The van der Waals surface area contributed by atoms with Crippen molar-refractivity contribution in [1.29, 1.82) is 0 Å². The van der Waals surface area contributed by atoms with E-state index < -0.39 is 17.2 Å². The van der Waals surface area contributed by atoms with Crippen molar-refractivity contribution in [2.45, 2.75) is 13.0 Å². The van der Waals surface area contributed by atoms with E-state index in [-0.39, 0.29) is 24.5 Å². The van der Waals surface area contributed by atoms with Crippen LogP contribution in [-0.2, 0) is 17.8 Å². The fraction of sp³-hybridized carbons (Fsp3) is 0.375. The number of alkyl halides is 1. The molecule has 0 atom stereocenters. The fourth-order valence-corrected chi connectivity index (χ4v) is 1.32. The van der Waals surface area contributed by atoms with Crippen molar-refractivity contribution in [3.63, 3.8) is 0 Å². The number of nitrogens with zero attached hydrogens (tertiary/aromatic N) is 1. The molecule has 0 aliphatic rings. The number of aromatic amines is 1. The molecule has 1 rings (SSSR count). The maximum atomic E-state index is 11.4. The molecule has 7 heteroatoms. The second-order valence-corrected chi connectivity index (χ2v) is 3.30. The molecule has 0 spiro atoms. The van der Waals surface area contributed by atoms with E-state index in [9.17, 15) is 14.4 Å². The first-order valence-electron chi connectivity index (χ1n) is 4.22. The van der Waals surface area contributed by atoms with Gasteiger partial charge in [-0.1, -0.05) is 0 Å². The van der Waals surface area contributed by atoms with E-state index in [1.54, 1.807) is 0 Å². The van der Waals surface area contributed by atoms with Crippen molar-refractivity contribution in [2.24, 2.45) is 5.73 Å². The smallest absolute Gasteiger partial charge is 0.328 e. The zero-order valence-electron chi connectivity index (χ0n) is 7.83. The van der Waals surface area contributed by atoms with Crippen molar-refractivity contribution in [3.05, 3.63) is 32.6 Å². The standard InChI is InChI=1S/C8H10ClN3O3/c9-1-2-12-7(14)4-5(3-6(10)13)11-8(12)15/h4H,1-3H2,(H2,10,13)(H,11,15). The summed E-state index contributed by atoms with van der Waals surface area (Å²) in [6, 6.07) is 1.17. The summed E-state index contributed by atoms with van der Waals surface area (Å²) in [7, 11) is 0. The Morgan fingerprint density at radius 1 is 1.53 bits per heavy atom. The van der Waals surface area contributed by atoms with Crippen LogP contribution in [0, 0.1) is 0 Å². The Balaban J connectivity index is 3.14. The van der Waals surface area contributed by atoms with Gasteiger partial charge in [0.05, 0.1) is 6.42 Å². The molecule has 0 bridgehead atoms. The van der Waals surface area contributed by atoms with E-state index in [4.69, 9.17) is 17.3 Å². The molecule has 82 valence electrons. The van der Waals surface area contributed by atoms with E-state index in [1.165, 1.54) is 6.07 Å². The van der Waals surface area contributed by atoms with Gasteiger partial charge in [-0.3, -0.25) is 14.2 Å². The first kappa shape index (κ1) is 11.5. The van der Waals surface area contributed by atoms with Gasteiger partial charge in [0.1, 0.15) is 0 Å². The molecule has 0 saturated heterocycles. The molecule has 1 aromatic heterocycles. The minimum atomic E-state index is -0.611. The summed E-state index contributed by atoms with van der Waals surface area (Å²) >= 11 is 5.42. The van der Waals surface area contributed by atoms with Gasteiger partial charge < -0.3 is 10.7 Å². The molecule has 0 unspecified atom stereocenters. The van der Waals surface area contributed by atoms with Gasteiger partial charge in [0.25, 0.3) is 5.56 Å². The van der Waals surface area contributed by atoms with Gasteiger partial charge in [0.2, 0.25) is 5.91 Å². The number of hydrogen-bond acceptors (Lipinski definition) is 3. The minimum absolute atomic E-state index is 0.132. The van der Waals surface area contributed by atoms with Crippen LogP contribution in [0.3, 0.4) is 0 Å². The monoisotopic (exact) mass is 231 g/mol. The Labute approximate surface area is 89.7 Å². The molecular weight excluding hydrogens is 222 g/mol. The number of amides is 1. The van der Waals surface area contributed by atoms with Gasteiger partial charge in [-0.25, -0.2) is 4.79 Å². The molecule has 1 amide bonds. The number of aromatic nitrogens is 2. The normalized spacial score (nSPS) is 10.2. The summed E-state index contributed by atoms with van der Waals surface area (Å²) < 4.78 is 0.956. The lowest BCUT2D eigenvalue weighted by Crippen LogP contribution is -2.36. The van der Waals surface area contributed by atoms with Crippen LogP contribution in [-0.4, -0.2) is 21.3 Å². The molecule has 1 aromatic rings. The summed E-state index contributed by atoms with van der Waals surface area (Å²) in [4.78, 5) is 35.6. The molecule has 6 nitrogen and oxygen atoms in total. The molecule has 15 heavy (non-hydrogen) atoms. The Bertz CT molecular complexity index is 446. The highest BCUT2D eigenvalue weighted by Gasteiger charge is 2.05. The molecule has 0 saturated carbocycles. The molecule has 0 aliphatic carbocycles. The van der Waals surface area contributed by atoms with E-state index in [0.29, 0.717) is 0 Å². The molecule has 0 aromatic carbocycles. The Kier molecular flexibility index (Phi) is 3.68. The Hall–Kier alpha value is -1.56. The molecule has 0 fully saturated rings. The predicted octanol–water partition coefficient (Wildman–Crippen LogP) is -1.20. The van der Waals surface area contributed by atoms with E-state index in [0.717, 1.165) is 4.57 Å². The van der Waals surface area contributed by atoms with Crippen molar-refractivity contribution in [1.82, 2.24) is 9.55 Å². The number of nitrogens with one attached hydrogen (secondary N) is 1. The number of halogens is 1. The average molecular weight is 232 g/mol. The first-order valence-corrected chi connectivity index (χ1v) is 4.75. The SMILES string of the molecule is NC(=O)Cc1cc(=O)n(CCCl)c(=O)[nH]1. The lowest BCUT2D eigenvalue weighted by molar-refractivity contribution is -0.117. The molecular formula is C8H10ClN3O3. The van der Waals surface area contributed by atoms with Crippen LogP contribution >= 0.6 is 11.6 Å². The highest BCUT2D eigenvalue weighted by atomic mass is 35.5. The van der Waals surface area contributed by atoms with Crippen LogP contribution in [0.1, 0.15) is 5.69 Å². The minimum Gasteiger partial charge on any atom is -0.369 e. The first-order chi connectivity index (χ1) is 7.04. The molecule has 1 heterocycles. The average Bonchev–Trinajstić information content (AvgIpc) is 2.10. The van der Waals surface area contributed by atoms with E-state index in [1.807, 2.05) is 0 Å². The fourth-order valence-electron chi connectivity index (χ4n) is 1.15. The number of carbonyl (C=O) groups excluding carboxylic acids is 1. The van der Waals surface area contributed by atoms with E-state index in [2.05, 4.69) is 4.98 Å². The molecule has 0 radical (unpaired) electrons. The lowest BCUT2D eigenvalue weighted by Gasteiger charge is -2.02. The van der Waals surface area contributed by atoms with Crippen molar-refractivity contribution < 1.29 is 4.79 Å². The number of H-pyrrole nitrogens is 1. The van der Waals surface area contributed by atoms with Gasteiger partial charge in [-0.05, 0) is 0 Å². The summed E-state index contributed by atoms with van der Waals surface area (Å²) in [6.45, 7) is 0.132. The maximum Gasteiger partial charge on any atom is 0.328 e. The summed E-state index contributed by atoms with van der Waals surface area (Å²) in [5.74, 6) is -0.446. The largest absolute Gasteiger partial charge is 0.369 e. The number of carbonyl (C=O) groups is 1. The Morgan fingerprint density at radius 2 is 2.20 bits per heavy atom. The highest BCUT2D eigenvalue weighted by Crippen LogP contribution is 1.87. The number of primary amides is 1. The second kappa shape index (κ2) is 4.79. The number of hydrogen-bond donors (Lipinski definition) is 2. The molecule has 0 aliphatic heterocycles.